The van der Waals surface area contributed by atoms with Gasteiger partial charge in [0.15, 0.2) is 10.9 Å². The molecule has 1 aliphatic rings. The maximum absolute atomic E-state index is 14.3. The largest absolute Gasteiger partial charge is 0.378 e. The summed E-state index contributed by atoms with van der Waals surface area (Å²) in [6.45, 7) is 1.91. The van der Waals surface area contributed by atoms with Gasteiger partial charge in [-0.15, -0.1) is 0 Å². The van der Waals surface area contributed by atoms with Crippen LogP contribution in [0.5, 0.6) is 0 Å². The SMILES string of the molecule is O=C(c1ccc(N2CCOCC2)c([N+](=O)[O-])c1)N(Cc1cccnc1)c1nc2c(F)cc(F)cc2s1. The average molecular weight is 512 g/mol. The number of halogens is 2. The lowest BCUT2D eigenvalue weighted by atomic mass is 10.1. The van der Waals surface area contributed by atoms with Crippen molar-refractivity contribution in [2.75, 3.05) is 36.1 Å². The Labute approximate surface area is 207 Å². The van der Waals surface area contributed by atoms with E-state index in [0.717, 1.165) is 23.5 Å². The number of nitro groups is 1. The van der Waals surface area contributed by atoms with Crippen LogP contribution in [-0.2, 0) is 11.3 Å². The standard InChI is InChI=1S/C24H19F2N5O4S/c25-17-11-18(26)22-21(12-17)36-24(28-22)30(14-15-2-1-5-27-13-15)23(32)16-3-4-19(20(10-16)31(33)34)29-6-8-35-9-7-29/h1-5,10-13H,6-9,14H2. The molecule has 0 bridgehead atoms. The lowest BCUT2D eigenvalue weighted by Crippen LogP contribution is -2.36. The van der Waals surface area contributed by atoms with Gasteiger partial charge in [-0.1, -0.05) is 17.4 Å². The van der Waals surface area contributed by atoms with Crippen molar-refractivity contribution in [1.29, 1.82) is 0 Å². The van der Waals surface area contributed by atoms with Gasteiger partial charge in [-0.25, -0.2) is 13.8 Å². The van der Waals surface area contributed by atoms with Crippen LogP contribution in [-0.4, -0.2) is 47.1 Å². The molecule has 0 radical (unpaired) electrons. The van der Waals surface area contributed by atoms with Gasteiger partial charge in [-0.3, -0.25) is 24.8 Å². The summed E-state index contributed by atoms with van der Waals surface area (Å²) in [5.74, 6) is -2.17. The molecule has 1 fully saturated rings. The second-order valence-corrected chi connectivity index (χ2v) is 9.05. The van der Waals surface area contributed by atoms with Crippen molar-refractivity contribution in [3.63, 3.8) is 0 Å². The number of thiazole rings is 1. The van der Waals surface area contributed by atoms with Gasteiger partial charge in [0.2, 0.25) is 0 Å². The number of fused-ring (bicyclic) bond motifs is 1. The Kier molecular flexibility index (Phi) is 6.53. The zero-order valence-corrected chi connectivity index (χ0v) is 19.6. The number of nitrogens with zero attached hydrogens (tertiary/aromatic N) is 5. The number of rotatable bonds is 6. The van der Waals surface area contributed by atoms with E-state index in [0.29, 0.717) is 37.6 Å². The van der Waals surface area contributed by atoms with Gasteiger partial charge in [0.1, 0.15) is 17.0 Å². The monoisotopic (exact) mass is 511 g/mol. The summed E-state index contributed by atoms with van der Waals surface area (Å²) in [6.07, 6.45) is 3.15. The van der Waals surface area contributed by atoms with E-state index in [9.17, 15) is 23.7 Å². The molecule has 0 unspecified atom stereocenters. The third-order valence-corrected chi connectivity index (χ3v) is 6.74. The maximum atomic E-state index is 14.3. The summed E-state index contributed by atoms with van der Waals surface area (Å²) in [5.41, 5.74) is 0.858. The highest BCUT2D eigenvalue weighted by Gasteiger charge is 2.27. The van der Waals surface area contributed by atoms with Gasteiger partial charge in [0.25, 0.3) is 11.6 Å². The number of nitro benzene ring substituents is 1. The number of morpholine rings is 1. The number of ether oxygens (including phenoxy) is 1. The Hall–Kier alpha value is -4.03. The molecule has 4 aromatic rings. The second kappa shape index (κ2) is 9.91. The molecule has 184 valence electrons. The molecular formula is C24H19F2N5O4S. The molecule has 0 N–H and O–H groups in total. The predicted octanol–water partition coefficient (Wildman–Crippen LogP) is 4.56. The molecule has 1 aliphatic heterocycles. The molecule has 2 aromatic carbocycles. The van der Waals surface area contributed by atoms with Gasteiger partial charge in [0.05, 0.1) is 29.4 Å². The normalized spacial score (nSPS) is 13.7. The first-order chi connectivity index (χ1) is 17.4. The van der Waals surface area contributed by atoms with Crippen LogP contribution < -0.4 is 9.80 Å². The van der Waals surface area contributed by atoms with Crippen molar-refractivity contribution < 1.29 is 23.2 Å². The quantitative estimate of drug-likeness (QED) is 0.276. The van der Waals surface area contributed by atoms with E-state index in [1.54, 1.807) is 30.6 Å². The number of hydrogen-bond acceptors (Lipinski definition) is 8. The lowest BCUT2D eigenvalue weighted by molar-refractivity contribution is -0.384. The minimum atomic E-state index is -0.841. The van der Waals surface area contributed by atoms with Crippen LogP contribution in [0.25, 0.3) is 10.2 Å². The molecule has 2 aromatic heterocycles. The summed E-state index contributed by atoms with van der Waals surface area (Å²) in [5, 5.41) is 12.0. The molecule has 12 heteroatoms. The van der Waals surface area contributed by atoms with Crippen LogP contribution in [0, 0.1) is 21.7 Å². The smallest absolute Gasteiger partial charge is 0.293 e. The Morgan fingerprint density at radius 2 is 2.00 bits per heavy atom. The van der Waals surface area contributed by atoms with Gasteiger partial charge in [-0.05, 0) is 29.8 Å². The molecule has 9 nitrogen and oxygen atoms in total. The number of hydrogen-bond donors (Lipinski definition) is 0. The Balaban J connectivity index is 1.56. The van der Waals surface area contributed by atoms with Crippen molar-refractivity contribution in [3.8, 4) is 0 Å². The molecule has 1 amide bonds. The maximum Gasteiger partial charge on any atom is 0.293 e. The van der Waals surface area contributed by atoms with E-state index < -0.39 is 22.5 Å². The van der Waals surface area contributed by atoms with Crippen LogP contribution in [0.3, 0.4) is 0 Å². The van der Waals surface area contributed by atoms with Gasteiger partial charge < -0.3 is 9.64 Å². The minimum absolute atomic E-state index is 0.0234. The van der Waals surface area contributed by atoms with Crippen molar-refractivity contribution in [2.24, 2.45) is 0 Å². The number of anilines is 2. The number of carbonyl (C=O) groups excluding carboxylic acids is 1. The zero-order chi connectivity index (χ0) is 25.2. The number of amides is 1. The molecule has 3 heterocycles. The van der Waals surface area contributed by atoms with E-state index >= 15 is 0 Å². The van der Waals surface area contributed by atoms with Crippen LogP contribution in [0.1, 0.15) is 15.9 Å². The fourth-order valence-electron chi connectivity index (χ4n) is 3.99. The van der Waals surface area contributed by atoms with E-state index in [1.807, 2.05) is 4.90 Å². The molecule has 5 rings (SSSR count). The topological polar surface area (TPSA) is 102 Å². The predicted molar refractivity (Wildman–Crippen MR) is 130 cm³/mol. The highest BCUT2D eigenvalue weighted by atomic mass is 32.1. The molecule has 0 aliphatic carbocycles. The molecule has 0 atom stereocenters. The molecule has 0 spiro atoms. The van der Waals surface area contributed by atoms with Crippen LogP contribution in [0.15, 0.2) is 54.9 Å². The first kappa shape index (κ1) is 23.7. The van der Waals surface area contributed by atoms with Crippen LogP contribution in [0.4, 0.5) is 25.3 Å². The van der Waals surface area contributed by atoms with E-state index in [-0.39, 0.29) is 33.1 Å². The number of carbonyl (C=O) groups is 1. The van der Waals surface area contributed by atoms with E-state index in [1.165, 1.54) is 17.0 Å². The lowest BCUT2D eigenvalue weighted by Gasteiger charge is -2.28. The third kappa shape index (κ3) is 4.72. The van der Waals surface area contributed by atoms with Crippen LogP contribution >= 0.6 is 11.3 Å². The van der Waals surface area contributed by atoms with Crippen molar-refractivity contribution in [2.45, 2.75) is 6.54 Å². The molecule has 1 saturated heterocycles. The Bertz CT molecular complexity index is 1440. The molecule has 36 heavy (non-hydrogen) atoms. The zero-order valence-electron chi connectivity index (χ0n) is 18.8. The van der Waals surface area contributed by atoms with Crippen molar-refractivity contribution in [3.05, 3.63) is 87.7 Å². The van der Waals surface area contributed by atoms with Gasteiger partial charge in [-0.2, -0.15) is 0 Å². The van der Waals surface area contributed by atoms with Gasteiger partial charge in [0, 0.05) is 43.2 Å². The summed E-state index contributed by atoms with van der Waals surface area (Å²) >= 11 is 0.950. The Morgan fingerprint density at radius 1 is 1.19 bits per heavy atom. The number of benzene rings is 2. The summed E-state index contributed by atoms with van der Waals surface area (Å²) < 4.78 is 33.7. The summed E-state index contributed by atoms with van der Waals surface area (Å²) in [4.78, 5) is 36.5. The number of aromatic nitrogens is 2. The second-order valence-electron chi connectivity index (χ2n) is 8.04. The summed E-state index contributed by atoms with van der Waals surface area (Å²) in [7, 11) is 0. The number of pyridine rings is 1. The first-order valence-electron chi connectivity index (χ1n) is 11.0. The Morgan fingerprint density at radius 3 is 2.72 bits per heavy atom. The molecule has 0 saturated carbocycles. The van der Waals surface area contributed by atoms with Crippen LogP contribution in [0.2, 0.25) is 0 Å². The molecular weight excluding hydrogens is 492 g/mol. The first-order valence-corrected chi connectivity index (χ1v) is 11.8. The summed E-state index contributed by atoms with van der Waals surface area (Å²) in [6, 6.07) is 9.63. The highest BCUT2D eigenvalue weighted by Crippen LogP contribution is 2.35. The average Bonchev–Trinajstić information content (AvgIpc) is 3.32. The van der Waals surface area contributed by atoms with Crippen molar-refractivity contribution in [1.82, 2.24) is 9.97 Å². The fourth-order valence-corrected chi connectivity index (χ4v) is 4.99. The van der Waals surface area contributed by atoms with E-state index in [4.69, 9.17) is 4.74 Å². The third-order valence-electron chi connectivity index (χ3n) is 5.71. The highest BCUT2D eigenvalue weighted by molar-refractivity contribution is 7.22. The minimum Gasteiger partial charge on any atom is -0.378 e. The van der Waals surface area contributed by atoms with Crippen molar-refractivity contribution >= 4 is 44.0 Å². The fraction of sp³-hybridized carbons (Fsp3) is 0.208. The van der Waals surface area contributed by atoms with Gasteiger partial charge >= 0.3 is 0 Å². The van der Waals surface area contributed by atoms with E-state index in [2.05, 4.69) is 9.97 Å².